The van der Waals surface area contributed by atoms with Crippen molar-refractivity contribution in [2.45, 2.75) is 0 Å². The Hall–Kier alpha value is -2.57. The molecule has 7 heteroatoms. The summed E-state index contributed by atoms with van der Waals surface area (Å²) in [6.07, 6.45) is 0. The summed E-state index contributed by atoms with van der Waals surface area (Å²) in [6.45, 7) is 0.851. The van der Waals surface area contributed by atoms with Crippen LogP contribution in [0.5, 0.6) is 11.5 Å². The number of imide groups is 2. The van der Waals surface area contributed by atoms with Crippen LogP contribution in [-0.2, 0) is 9.59 Å². The van der Waals surface area contributed by atoms with Gasteiger partial charge in [0.2, 0.25) is 0 Å². The fraction of sp³-hybridized carbons (Fsp3) is 0.182. The summed E-state index contributed by atoms with van der Waals surface area (Å²) in [5.41, 5.74) is 0.271. The molecule has 0 atom stereocenters. The SMILES string of the molecule is O=C1NC(=O)N(c2ccc3c(c2)OCCO3)C1=O. The van der Waals surface area contributed by atoms with Gasteiger partial charge in [0, 0.05) is 6.07 Å². The molecule has 3 rings (SSSR count). The van der Waals surface area contributed by atoms with Gasteiger partial charge in [-0.25, -0.2) is 9.69 Å². The standard InChI is InChI=1S/C11H8N2O5/c14-9-10(15)13(11(16)12-9)6-1-2-7-8(5-6)18-4-3-17-7/h1-2,5H,3-4H2,(H,12,14,16). The zero-order valence-corrected chi connectivity index (χ0v) is 9.13. The van der Waals surface area contributed by atoms with E-state index < -0.39 is 17.8 Å². The van der Waals surface area contributed by atoms with Crippen molar-refractivity contribution in [1.29, 1.82) is 0 Å². The molecule has 0 aliphatic carbocycles. The van der Waals surface area contributed by atoms with E-state index in [-0.39, 0.29) is 5.69 Å². The monoisotopic (exact) mass is 248 g/mol. The summed E-state index contributed by atoms with van der Waals surface area (Å²) in [5.74, 6) is -0.853. The van der Waals surface area contributed by atoms with Crippen LogP contribution in [0, 0.1) is 0 Å². The predicted octanol–water partition coefficient (Wildman–Crippen LogP) is 0.0406. The zero-order valence-electron chi connectivity index (χ0n) is 9.13. The van der Waals surface area contributed by atoms with Crippen LogP contribution in [0.4, 0.5) is 10.5 Å². The van der Waals surface area contributed by atoms with Gasteiger partial charge < -0.3 is 9.47 Å². The van der Waals surface area contributed by atoms with E-state index >= 15 is 0 Å². The molecule has 1 aromatic rings. The van der Waals surface area contributed by atoms with Gasteiger partial charge in [-0.3, -0.25) is 14.9 Å². The average molecular weight is 248 g/mol. The number of fused-ring (bicyclic) bond motifs is 1. The summed E-state index contributed by atoms with van der Waals surface area (Å²) >= 11 is 0. The minimum absolute atomic E-state index is 0.271. The Labute approximate surface area is 101 Å². The molecule has 92 valence electrons. The highest BCUT2D eigenvalue weighted by Gasteiger charge is 2.38. The summed E-state index contributed by atoms with van der Waals surface area (Å²) in [5, 5.41) is 1.92. The molecule has 2 heterocycles. The van der Waals surface area contributed by atoms with E-state index in [0.717, 1.165) is 4.90 Å². The normalized spacial score (nSPS) is 18.0. The van der Waals surface area contributed by atoms with Crippen molar-refractivity contribution in [1.82, 2.24) is 5.32 Å². The fourth-order valence-corrected chi connectivity index (χ4v) is 1.81. The molecule has 0 unspecified atom stereocenters. The number of carbonyl (C=O) groups excluding carboxylic acids is 3. The molecular formula is C11H8N2O5. The third-order valence-electron chi connectivity index (χ3n) is 2.60. The van der Waals surface area contributed by atoms with Crippen LogP contribution in [0.15, 0.2) is 18.2 Å². The van der Waals surface area contributed by atoms with Gasteiger partial charge in [0.15, 0.2) is 11.5 Å². The van der Waals surface area contributed by atoms with Crippen LogP contribution in [0.25, 0.3) is 0 Å². The summed E-state index contributed by atoms with van der Waals surface area (Å²) < 4.78 is 10.7. The maximum absolute atomic E-state index is 11.5. The number of carbonyl (C=O) groups is 3. The highest BCUT2D eigenvalue weighted by molar-refractivity contribution is 6.53. The Morgan fingerprint density at radius 2 is 1.78 bits per heavy atom. The molecule has 7 nitrogen and oxygen atoms in total. The van der Waals surface area contributed by atoms with Crippen LogP contribution in [0.2, 0.25) is 0 Å². The van der Waals surface area contributed by atoms with E-state index in [1.807, 2.05) is 5.32 Å². The van der Waals surface area contributed by atoms with E-state index in [2.05, 4.69) is 0 Å². The molecule has 1 aromatic carbocycles. The summed E-state index contributed by atoms with van der Waals surface area (Å²) in [4.78, 5) is 34.8. The Kier molecular flexibility index (Phi) is 2.19. The Balaban J connectivity index is 2.00. The first-order chi connectivity index (χ1) is 8.66. The molecule has 0 aromatic heterocycles. The molecule has 18 heavy (non-hydrogen) atoms. The lowest BCUT2D eigenvalue weighted by Crippen LogP contribution is -2.30. The smallest absolute Gasteiger partial charge is 0.336 e. The molecule has 1 N–H and O–H groups in total. The minimum Gasteiger partial charge on any atom is -0.486 e. The molecule has 0 spiro atoms. The van der Waals surface area contributed by atoms with Crippen molar-refractivity contribution < 1.29 is 23.9 Å². The van der Waals surface area contributed by atoms with Crippen LogP contribution in [0.1, 0.15) is 0 Å². The third kappa shape index (κ3) is 1.48. The Bertz CT molecular complexity index is 569. The average Bonchev–Trinajstić information content (AvgIpc) is 2.63. The molecule has 0 bridgehead atoms. The predicted molar refractivity (Wildman–Crippen MR) is 58.5 cm³/mol. The van der Waals surface area contributed by atoms with Crippen molar-refractivity contribution in [3.8, 4) is 11.5 Å². The maximum Gasteiger partial charge on any atom is 0.336 e. The highest BCUT2D eigenvalue weighted by atomic mass is 16.6. The van der Waals surface area contributed by atoms with E-state index in [4.69, 9.17) is 9.47 Å². The van der Waals surface area contributed by atoms with Gasteiger partial charge in [0.1, 0.15) is 13.2 Å². The van der Waals surface area contributed by atoms with E-state index in [0.29, 0.717) is 24.7 Å². The largest absolute Gasteiger partial charge is 0.486 e. The first-order valence-electron chi connectivity index (χ1n) is 5.26. The molecular weight excluding hydrogens is 240 g/mol. The number of benzene rings is 1. The number of anilines is 1. The number of nitrogens with one attached hydrogen (secondary N) is 1. The van der Waals surface area contributed by atoms with Crippen molar-refractivity contribution in [3.05, 3.63) is 18.2 Å². The molecule has 2 aliphatic rings. The minimum atomic E-state index is -0.935. The van der Waals surface area contributed by atoms with Gasteiger partial charge in [-0.05, 0) is 12.1 Å². The molecule has 1 fully saturated rings. The van der Waals surface area contributed by atoms with Crippen LogP contribution >= 0.6 is 0 Å². The van der Waals surface area contributed by atoms with Crippen molar-refractivity contribution in [2.75, 3.05) is 18.1 Å². The van der Waals surface area contributed by atoms with Crippen molar-refractivity contribution in [2.24, 2.45) is 0 Å². The second-order valence-corrected chi connectivity index (χ2v) is 3.73. The Morgan fingerprint density at radius 3 is 2.44 bits per heavy atom. The second kappa shape index (κ2) is 3.73. The summed E-state index contributed by atoms with van der Waals surface area (Å²) in [6, 6.07) is 3.84. The van der Waals surface area contributed by atoms with Gasteiger partial charge >= 0.3 is 17.8 Å². The summed E-state index contributed by atoms with van der Waals surface area (Å²) in [7, 11) is 0. The number of urea groups is 1. The quantitative estimate of drug-likeness (QED) is 0.560. The lowest BCUT2D eigenvalue weighted by atomic mass is 10.2. The second-order valence-electron chi connectivity index (χ2n) is 3.73. The van der Waals surface area contributed by atoms with E-state index in [1.54, 1.807) is 6.07 Å². The lowest BCUT2D eigenvalue weighted by molar-refractivity contribution is -0.134. The van der Waals surface area contributed by atoms with Gasteiger partial charge in [0.25, 0.3) is 0 Å². The van der Waals surface area contributed by atoms with Gasteiger partial charge in [-0.1, -0.05) is 0 Å². The number of amides is 4. The first kappa shape index (κ1) is 10.6. The number of rotatable bonds is 1. The molecule has 0 saturated carbocycles. The van der Waals surface area contributed by atoms with E-state index in [1.165, 1.54) is 12.1 Å². The number of hydrogen-bond donors (Lipinski definition) is 1. The molecule has 0 radical (unpaired) electrons. The fourth-order valence-electron chi connectivity index (χ4n) is 1.81. The van der Waals surface area contributed by atoms with Gasteiger partial charge in [-0.2, -0.15) is 0 Å². The molecule has 2 aliphatic heterocycles. The zero-order chi connectivity index (χ0) is 12.7. The van der Waals surface area contributed by atoms with Crippen LogP contribution in [-0.4, -0.2) is 31.1 Å². The highest BCUT2D eigenvalue weighted by Crippen LogP contribution is 2.34. The van der Waals surface area contributed by atoms with Crippen molar-refractivity contribution in [3.63, 3.8) is 0 Å². The van der Waals surface area contributed by atoms with Crippen molar-refractivity contribution >= 4 is 23.5 Å². The number of ether oxygens (including phenoxy) is 2. The Morgan fingerprint density at radius 1 is 1.06 bits per heavy atom. The maximum atomic E-state index is 11.5. The van der Waals surface area contributed by atoms with Gasteiger partial charge in [-0.15, -0.1) is 0 Å². The van der Waals surface area contributed by atoms with Crippen LogP contribution < -0.4 is 19.7 Å². The molecule has 1 saturated heterocycles. The first-order valence-corrected chi connectivity index (χ1v) is 5.26. The number of hydrogen-bond acceptors (Lipinski definition) is 5. The topological polar surface area (TPSA) is 84.9 Å². The van der Waals surface area contributed by atoms with E-state index in [9.17, 15) is 14.4 Å². The molecule has 4 amide bonds. The lowest BCUT2D eigenvalue weighted by Gasteiger charge is -2.20. The van der Waals surface area contributed by atoms with Crippen LogP contribution in [0.3, 0.4) is 0 Å². The van der Waals surface area contributed by atoms with Gasteiger partial charge in [0.05, 0.1) is 5.69 Å². The number of nitrogens with zero attached hydrogens (tertiary/aromatic N) is 1. The third-order valence-corrected chi connectivity index (χ3v) is 2.60.